The molecular formula is C16H19ClO6. The van der Waals surface area contributed by atoms with Crippen LogP contribution in [0, 0.1) is 0 Å². The van der Waals surface area contributed by atoms with Crippen molar-refractivity contribution in [2.24, 2.45) is 0 Å². The third-order valence-electron chi connectivity index (χ3n) is 2.39. The van der Waals surface area contributed by atoms with Gasteiger partial charge in [0.1, 0.15) is 23.2 Å². The van der Waals surface area contributed by atoms with Crippen molar-refractivity contribution in [3.8, 4) is 5.75 Å². The van der Waals surface area contributed by atoms with Gasteiger partial charge in [0.2, 0.25) is 5.76 Å². The summed E-state index contributed by atoms with van der Waals surface area (Å²) in [6, 6.07) is 4.37. The number of carbonyl (C=O) groups excluding carboxylic acids is 2. The molecule has 0 aromatic heterocycles. The summed E-state index contributed by atoms with van der Waals surface area (Å²) in [7, 11) is 2.55. The highest BCUT2D eigenvalue weighted by molar-refractivity contribution is 6.31. The molecule has 0 unspecified atom stereocenters. The zero-order valence-electron chi connectivity index (χ0n) is 13.6. The van der Waals surface area contributed by atoms with Gasteiger partial charge in [0.05, 0.1) is 14.2 Å². The molecule has 0 aliphatic carbocycles. The van der Waals surface area contributed by atoms with Crippen molar-refractivity contribution in [1.29, 1.82) is 0 Å². The summed E-state index contributed by atoms with van der Waals surface area (Å²) < 4.78 is 20.1. The first-order valence-corrected chi connectivity index (χ1v) is 7.07. The Kier molecular flexibility index (Phi) is 6.45. The largest absolute Gasteiger partial charge is 0.500 e. The van der Waals surface area contributed by atoms with Crippen LogP contribution in [0.4, 0.5) is 0 Å². The van der Waals surface area contributed by atoms with E-state index in [0.29, 0.717) is 5.02 Å². The molecule has 0 saturated carbocycles. The molecule has 0 aliphatic heterocycles. The highest BCUT2D eigenvalue weighted by atomic mass is 35.5. The number of rotatable bonds is 5. The van der Waals surface area contributed by atoms with Crippen molar-refractivity contribution >= 4 is 23.5 Å². The number of carbonyl (C=O) groups is 2. The summed E-state index contributed by atoms with van der Waals surface area (Å²) in [6.45, 7) is 5.21. The third-order valence-corrected chi connectivity index (χ3v) is 2.63. The maximum atomic E-state index is 12.3. The first kappa shape index (κ1) is 18.8. The maximum absolute atomic E-state index is 12.3. The van der Waals surface area contributed by atoms with Crippen LogP contribution in [0.2, 0.25) is 5.02 Å². The average Bonchev–Trinajstić information content (AvgIpc) is 2.45. The second kappa shape index (κ2) is 7.87. The molecule has 0 fully saturated rings. The third kappa shape index (κ3) is 5.83. The van der Waals surface area contributed by atoms with Crippen molar-refractivity contribution in [1.82, 2.24) is 0 Å². The molecule has 0 saturated heterocycles. The van der Waals surface area contributed by atoms with Gasteiger partial charge in [-0.05, 0) is 39.0 Å². The second-order valence-corrected chi connectivity index (χ2v) is 5.89. The lowest BCUT2D eigenvalue weighted by molar-refractivity contribution is -0.138. The van der Waals surface area contributed by atoms with Gasteiger partial charge in [-0.2, -0.15) is 0 Å². The van der Waals surface area contributed by atoms with Gasteiger partial charge in [0.15, 0.2) is 0 Å². The Bertz CT molecular complexity index is 615. The Labute approximate surface area is 139 Å². The lowest BCUT2D eigenvalue weighted by atomic mass is 10.1. The standard InChI is InChI=1S/C16H19ClO6/c1-16(2,3)23-14(18)11-8-10(17)6-7-12(11)22-13(9-20-4)15(19)21-5/h6-9H,1-5H3. The minimum atomic E-state index is -0.753. The molecule has 0 amide bonds. The fraction of sp³-hybridized carbons (Fsp3) is 0.375. The molecule has 126 valence electrons. The van der Waals surface area contributed by atoms with Gasteiger partial charge in [0, 0.05) is 5.02 Å². The average molecular weight is 343 g/mol. The molecule has 0 spiro atoms. The number of benzene rings is 1. The zero-order chi connectivity index (χ0) is 17.6. The topological polar surface area (TPSA) is 71.1 Å². The van der Waals surface area contributed by atoms with Crippen LogP contribution in [0.25, 0.3) is 0 Å². The molecule has 1 aromatic carbocycles. The van der Waals surface area contributed by atoms with Gasteiger partial charge in [-0.15, -0.1) is 0 Å². The van der Waals surface area contributed by atoms with Crippen molar-refractivity contribution in [3.05, 3.63) is 40.8 Å². The minimum absolute atomic E-state index is 0.0818. The summed E-state index contributed by atoms with van der Waals surface area (Å²) in [6.07, 6.45) is 1.07. The molecule has 7 heteroatoms. The quantitative estimate of drug-likeness (QED) is 0.464. The van der Waals surface area contributed by atoms with Crippen LogP contribution in [-0.4, -0.2) is 31.8 Å². The lowest BCUT2D eigenvalue weighted by Gasteiger charge is -2.20. The number of halogens is 1. The maximum Gasteiger partial charge on any atom is 0.377 e. The Morgan fingerprint density at radius 3 is 2.35 bits per heavy atom. The Balaban J connectivity index is 3.19. The van der Waals surface area contributed by atoms with Crippen LogP contribution in [0.15, 0.2) is 30.2 Å². The monoisotopic (exact) mass is 342 g/mol. The highest BCUT2D eigenvalue weighted by Gasteiger charge is 2.23. The van der Waals surface area contributed by atoms with E-state index in [-0.39, 0.29) is 17.1 Å². The normalized spacial score (nSPS) is 11.7. The molecule has 23 heavy (non-hydrogen) atoms. The molecule has 0 aliphatic rings. The van der Waals surface area contributed by atoms with E-state index in [1.54, 1.807) is 20.8 Å². The van der Waals surface area contributed by atoms with Crippen LogP contribution >= 0.6 is 11.6 Å². The van der Waals surface area contributed by atoms with E-state index < -0.39 is 17.5 Å². The Hall–Kier alpha value is -2.21. The van der Waals surface area contributed by atoms with Crippen molar-refractivity contribution in [2.75, 3.05) is 14.2 Å². The van der Waals surface area contributed by atoms with E-state index in [4.69, 9.17) is 25.8 Å². The van der Waals surface area contributed by atoms with E-state index in [1.165, 1.54) is 32.4 Å². The molecule has 0 atom stereocenters. The first-order valence-electron chi connectivity index (χ1n) is 6.70. The van der Waals surface area contributed by atoms with Gasteiger partial charge >= 0.3 is 11.9 Å². The zero-order valence-corrected chi connectivity index (χ0v) is 14.4. The van der Waals surface area contributed by atoms with Crippen LogP contribution in [0.5, 0.6) is 5.75 Å². The summed E-state index contributed by atoms with van der Waals surface area (Å²) in [5, 5.41) is 0.327. The second-order valence-electron chi connectivity index (χ2n) is 5.45. The molecule has 0 heterocycles. The fourth-order valence-corrected chi connectivity index (χ4v) is 1.70. The first-order chi connectivity index (χ1) is 10.7. The van der Waals surface area contributed by atoms with E-state index >= 15 is 0 Å². The molecule has 0 bridgehead atoms. The molecule has 0 radical (unpaired) electrons. The van der Waals surface area contributed by atoms with E-state index in [0.717, 1.165) is 6.26 Å². The molecular weight excluding hydrogens is 324 g/mol. The van der Waals surface area contributed by atoms with Crippen LogP contribution < -0.4 is 4.74 Å². The van der Waals surface area contributed by atoms with Gasteiger partial charge in [0.25, 0.3) is 0 Å². The molecule has 0 N–H and O–H groups in total. The number of hydrogen-bond acceptors (Lipinski definition) is 6. The van der Waals surface area contributed by atoms with Crippen LogP contribution in [-0.2, 0) is 19.0 Å². The van der Waals surface area contributed by atoms with Crippen molar-refractivity contribution in [2.45, 2.75) is 26.4 Å². The molecule has 1 aromatic rings. The number of esters is 2. The van der Waals surface area contributed by atoms with Gasteiger partial charge in [-0.1, -0.05) is 11.6 Å². The summed E-state index contributed by atoms with van der Waals surface area (Å²) in [5.41, 5.74) is -0.608. The number of ether oxygens (including phenoxy) is 4. The SMILES string of the molecule is COC=C(Oc1ccc(Cl)cc1C(=O)OC(C)(C)C)C(=O)OC. The van der Waals surface area contributed by atoms with Crippen molar-refractivity contribution in [3.63, 3.8) is 0 Å². The van der Waals surface area contributed by atoms with Gasteiger partial charge in [-0.3, -0.25) is 0 Å². The lowest BCUT2D eigenvalue weighted by Crippen LogP contribution is -2.24. The van der Waals surface area contributed by atoms with E-state index in [9.17, 15) is 9.59 Å². The molecule has 6 nitrogen and oxygen atoms in total. The predicted molar refractivity (Wildman–Crippen MR) is 84.4 cm³/mol. The number of hydrogen-bond donors (Lipinski definition) is 0. The summed E-state index contributed by atoms with van der Waals surface area (Å²) >= 11 is 5.93. The van der Waals surface area contributed by atoms with E-state index in [1.807, 2.05) is 0 Å². The van der Waals surface area contributed by atoms with E-state index in [2.05, 4.69) is 4.74 Å². The highest BCUT2D eigenvalue weighted by Crippen LogP contribution is 2.27. The summed E-state index contributed by atoms with van der Waals surface area (Å²) in [5.74, 6) is -1.51. The minimum Gasteiger partial charge on any atom is -0.500 e. The van der Waals surface area contributed by atoms with Gasteiger partial charge in [-0.25, -0.2) is 9.59 Å². The Morgan fingerprint density at radius 1 is 1.17 bits per heavy atom. The van der Waals surface area contributed by atoms with Crippen LogP contribution in [0.3, 0.4) is 0 Å². The Morgan fingerprint density at radius 2 is 1.83 bits per heavy atom. The predicted octanol–water partition coefficient (Wildman–Crippen LogP) is 3.33. The van der Waals surface area contributed by atoms with Gasteiger partial charge < -0.3 is 18.9 Å². The van der Waals surface area contributed by atoms with Crippen LogP contribution in [0.1, 0.15) is 31.1 Å². The summed E-state index contributed by atoms with van der Waals surface area (Å²) in [4.78, 5) is 23.9. The smallest absolute Gasteiger partial charge is 0.377 e. The fourth-order valence-electron chi connectivity index (χ4n) is 1.52. The molecule has 1 rings (SSSR count). The number of methoxy groups -OCH3 is 2. The van der Waals surface area contributed by atoms with Crippen molar-refractivity contribution < 1.29 is 28.5 Å².